The number of hydrogen-bond donors (Lipinski definition) is 2. The lowest BCUT2D eigenvalue weighted by atomic mass is 10.2. The SMILES string of the molecule is C#Cc1ccc(NC(=O)CC(=O)O)cc1. The van der Waals surface area contributed by atoms with Gasteiger partial charge in [0.2, 0.25) is 5.91 Å². The van der Waals surface area contributed by atoms with Gasteiger partial charge >= 0.3 is 5.97 Å². The molecule has 0 saturated heterocycles. The van der Waals surface area contributed by atoms with Gasteiger partial charge in [-0.05, 0) is 24.3 Å². The Kier molecular flexibility index (Phi) is 3.47. The van der Waals surface area contributed by atoms with E-state index in [0.29, 0.717) is 11.3 Å². The minimum atomic E-state index is -1.16. The van der Waals surface area contributed by atoms with Gasteiger partial charge in [0.1, 0.15) is 6.42 Å². The number of anilines is 1. The summed E-state index contributed by atoms with van der Waals surface area (Å²) in [4.78, 5) is 21.3. The summed E-state index contributed by atoms with van der Waals surface area (Å²) >= 11 is 0. The maximum atomic E-state index is 11.0. The van der Waals surface area contributed by atoms with Gasteiger partial charge in [-0.15, -0.1) is 6.42 Å². The van der Waals surface area contributed by atoms with Crippen molar-refractivity contribution in [3.63, 3.8) is 0 Å². The second-order valence-electron chi connectivity index (χ2n) is 2.84. The molecule has 4 nitrogen and oxygen atoms in total. The predicted octanol–water partition coefficient (Wildman–Crippen LogP) is 1.08. The second kappa shape index (κ2) is 4.82. The molecule has 0 saturated carbocycles. The molecule has 1 aromatic rings. The van der Waals surface area contributed by atoms with Crippen LogP contribution >= 0.6 is 0 Å². The minimum absolute atomic E-state index is 0.528. The molecule has 0 aliphatic carbocycles. The highest BCUT2D eigenvalue weighted by atomic mass is 16.4. The van der Waals surface area contributed by atoms with Crippen LogP contribution in [0.4, 0.5) is 5.69 Å². The van der Waals surface area contributed by atoms with Crippen LogP contribution in [0, 0.1) is 12.3 Å². The Morgan fingerprint density at radius 2 is 1.93 bits per heavy atom. The summed E-state index contributed by atoms with van der Waals surface area (Å²) in [5.74, 6) is 0.714. The van der Waals surface area contributed by atoms with E-state index in [2.05, 4.69) is 11.2 Å². The molecular weight excluding hydrogens is 194 g/mol. The number of terminal acetylenes is 1. The van der Waals surface area contributed by atoms with Crippen LogP contribution in [-0.2, 0) is 9.59 Å². The van der Waals surface area contributed by atoms with Crippen molar-refractivity contribution in [2.75, 3.05) is 5.32 Å². The van der Waals surface area contributed by atoms with Crippen LogP contribution in [0.1, 0.15) is 12.0 Å². The zero-order valence-corrected chi connectivity index (χ0v) is 7.86. The molecule has 1 rings (SSSR count). The van der Waals surface area contributed by atoms with E-state index < -0.39 is 18.3 Å². The molecule has 0 fully saturated rings. The molecule has 0 aromatic heterocycles. The van der Waals surface area contributed by atoms with E-state index in [1.165, 1.54) is 0 Å². The fourth-order valence-corrected chi connectivity index (χ4v) is 0.992. The number of nitrogens with one attached hydrogen (secondary N) is 1. The first-order valence-electron chi connectivity index (χ1n) is 4.20. The maximum absolute atomic E-state index is 11.0. The summed E-state index contributed by atoms with van der Waals surface area (Å²) in [5, 5.41) is 10.8. The van der Waals surface area contributed by atoms with Crippen molar-refractivity contribution in [3.8, 4) is 12.3 Å². The Bertz CT molecular complexity index is 414. The summed E-state index contributed by atoms with van der Waals surface area (Å²) < 4.78 is 0. The summed E-state index contributed by atoms with van der Waals surface area (Å²) in [6, 6.07) is 6.57. The van der Waals surface area contributed by atoms with Gasteiger partial charge in [-0.3, -0.25) is 9.59 Å². The molecule has 15 heavy (non-hydrogen) atoms. The van der Waals surface area contributed by atoms with E-state index in [-0.39, 0.29) is 0 Å². The van der Waals surface area contributed by atoms with E-state index in [9.17, 15) is 9.59 Å². The molecule has 76 valence electrons. The maximum Gasteiger partial charge on any atom is 0.312 e. The van der Waals surface area contributed by atoms with Gasteiger partial charge in [-0.1, -0.05) is 5.92 Å². The van der Waals surface area contributed by atoms with Crippen LogP contribution in [0.25, 0.3) is 0 Å². The first-order chi connectivity index (χ1) is 7.11. The number of carbonyl (C=O) groups is 2. The first kappa shape index (κ1) is 10.8. The van der Waals surface area contributed by atoms with Crippen LogP contribution in [-0.4, -0.2) is 17.0 Å². The molecule has 0 aliphatic heterocycles. The highest BCUT2D eigenvalue weighted by Gasteiger charge is 2.06. The van der Waals surface area contributed by atoms with E-state index in [0.717, 1.165) is 0 Å². The molecule has 0 unspecified atom stereocenters. The van der Waals surface area contributed by atoms with Crippen molar-refractivity contribution in [2.24, 2.45) is 0 Å². The number of carboxylic acids is 1. The normalized spacial score (nSPS) is 9.00. The monoisotopic (exact) mass is 203 g/mol. The number of carboxylic acid groups (broad SMARTS) is 1. The number of hydrogen-bond acceptors (Lipinski definition) is 2. The standard InChI is InChI=1S/C11H9NO3/c1-2-8-3-5-9(6-4-8)12-10(13)7-11(14)15/h1,3-6H,7H2,(H,12,13)(H,14,15). The molecular formula is C11H9NO3. The average Bonchev–Trinajstić information content (AvgIpc) is 2.17. The lowest BCUT2D eigenvalue weighted by Gasteiger charge is -2.02. The zero-order chi connectivity index (χ0) is 11.3. The number of amides is 1. The molecule has 2 N–H and O–H groups in total. The van der Waals surface area contributed by atoms with Crippen molar-refractivity contribution in [2.45, 2.75) is 6.42 Å². The minimum Gasteiger partial charge on any atom is -0.481 e. The Morgan fingerprint density at radius 3 is 2.40 bits per heavy atom. The lowest BCUT2D eigenvalue weighted by Crippen LogP contribution is -2.15. The van der Waals surface area contributed by atoms with Crippen molar-refractivity contribution < 1.29 is 14.7 Å². The summed E-state index contributed by atoms with van der Waals surface area (Å²) in [7, 11) is 0. The van der Waals surface area contributed by atoms with Crippen LogP contribution < -0.4 is 5.32 Å². The topological polar surface area (TPSA) is 66.4 Å². The number of aliphatic carboxylic acids is 1. The van der Waals surface area contributed by atoms with Crippen molar-refractivity contribution >= 4 is 17.6 Å². The van der Waals surface area contributed by atoms with Gasteiger partial charge in [-0.25, -0.2) is 0 Å². The van der Waals surface area contributed by atoms with E-state index in [4.69, 9.17) is 11.5 Å². The van der Waals surface area contributed by atoms with E-state index in [1.54, 1.807) is 24.3 Å². The van der Waals surface area contributed by atoms with Gasteiger partial charge < -0.3 is 10.4 Å². The lowest BCUT2D eigenvalue weighted by molar-refractivity contribution is -0.139. The Hall–Kier alpha value is -2.28. The van der Waals surface area contributed by atoms with Gasteiger partial charge in [0, 0.05) is 11.3 Å². The molecule has 1 aromatic carbocycles. The second-order valence-corrected chi connectivity index (χ2v) is 2.84. The van der Waals surface area contributed by atoms with Gasteiger partial charge in [0.25, 0.3) is 0 Å². The Morgan fingerprint density at radius 1 is 1.33 bits per heavy atom. The van der Waals surface area contributed by atoms with Gasteiger partial charge in [0.05, 0.1) is 0 Å². The Labute approximate surface area is 86.9 Å². The first-order valence-corrected chi connectivity index (χ1v) is 4.20. The Balaban J connectivity index is 2.62. The molecule has 1 amide bonds. The highest BCUT2D eigenvalue weighted by Crippen LogP contribution is 2.08. The van der Waals surface area contributed by atoms with Crippen LogP contribution in [0.5, 0.6) is 0 Å². The van der Waals surface area contributed by atoms with Crippen LogP contribution in [0.2, 0.25) is 0 Å². The molecule has 0 radical (unpaired) electrons. The predicted molar refractivity (Wildman–Crippen MR) is 55.3 cm³/mol. The smallest absolute Gasteiger partial charge is 0.312 e. The zero-order valence-electron chi connectivity index (χ0n) is 7.86. The highest BCUT2D eigenvalue weighted by molar-refractivity contribution is 6.01. The van der Waals surface area contributed by atoms with Gasteiger partial charge in [-0.2, -0.15) is 0 Å². The largest absolute Gasteiger partial charge is 0.481 e. The fourth-order valence-electron chi connectivity index (χ4n) is 0.992. The molecule has 0 bridgehead atoms. The van der Waals surface area contributed by atoms with Crippen LogP contribution in [0.15, 0.2) is 24.3 Å². The average molecular weight is 203 g/mol. The van der Waals surface area contributed by atoms with E-state index >= 15 is 0 Å². The third kappa shape index (κ3) is 3.53. The summed E-state index contributed by atoms with van der Waals surface area (Å²) in [6.45, 7) is 0. The third-order valence-electron chi connectivity index (χ3n) is 1.65. The molecule has 0 spiro atoms. The molecule has 4 heteroatoms. The third-order valence-corrected chi connectivity index (χ3v) is 1.65. The van der Waals surface area contributed by atoms with E-state index in [1.807, 2.05) is 0 Å². The quantitative estimate of drug-likeness (QED) is 0.570. The summed E-state index contributed by atoms with van der Waals surface area (Å²) in [5.41, 5.74) is 1.23. The molecule has 0 aliphatic rings. The van der Waals surface area contributed by atoms with Crippen molar-refractivity contribution in [1.29, 1.82) is 0 Å². The van der Waals surface area contributed by atoms with Crippen molar-refractivity contribution in [3.05, 3.63) is 29.8 Å². The number of rotatable bonds is 3. The van der Waals surface area contributed by atoms with Crippen molar-refractivity contribution in [1.82, 2.24) is 0 Å². The fraction of sp³-hybridized carbons (Fsp3) is 0.0909. The summed E-state index contributed by atoms with van der Waals surface area (Å²) in [6.07, 6.45) is 4.61. The number of benzene rings is 1. The molecule has 0 heterocycles. The molecule has 0 atom stereocenters. The van der Waals surface area contributed by atoms with Gasteiger partial charge in [0.15, 0.2) is 0 Å². The van der Waals surface area contributed by atoms with Crippen LogP contribution in [0.3, 0.4) is 0 Å². The number of carbonyl (C=O) groups excluding carboxylic acids is 1.